The molecule has 0 saturated carbocycles. The van der Waals surface area contributed by atoms with E-state index < -0.39 is 15.8 Å². The SMILES string of the molecule is CN(CCCC(=O)NCCN1CCc2sccc2C1)S(=O)(=O)c1ccc(F)cc1. The Kier molecular flexibility index (Phi) is 7.39. The van der Waals surface area contributed by atoms with Crippen LogP contribution in [0.25, 0.3) is 0 Å². The zero-order chi connectivity index (χ0) is 20.9. The van der Waals surface area contributed by atoms with Crippen molar-refractivity contribution < 1.29 is 17.6 Å². The number of hydrogen-bond donors (Lipinski definition) is 1. The fourth-order valence-electron chi connectivity index (χ4n) is 3.31. The smallest absolute Gasteiger partial charge is 0.242 e. The summed E-state index contributed by atoms with van der Waals surface area (Å²) in [6.07, 6.45) is 1.75. The van der Waals surface area contributed by atoms with Crippen LogP contribution in [0.2, 0.25) is 0 Å². The zero-order valence-electron chi connectivity index (χ0n) is 16.4. The van der Waals surface area contributed by atoms with E-state index in [0.717, 1.165) is 38.2 Å². The topological polar surface area (TPSA) is 69.7 Å². The van der Waals surface area contributed by atoms with Crippen molar-refractivity contribution in [3.8, 4) is 0 Å². The molecule has 1 amide bonds. The minimum absolute atomic E-state index is 0.0427. The number of hydrogen-bond acceptors (Lipinski definition) is 5. The van der Waals surface area contributed by atoms with Gasteiger partial charge in [-0.15, -0.1) is 11.3 Å². The van der Waals surface area contributed by atoms with Crippen LogP contribution in [0.4, 0.5) is 4.39 Å². The Bertz CT molecular complexity index is 929. The maximum absolute atomic E-state index is 13.0. The van der Waals surface area contributed by atoms with Gasteiger partial charge in [0.05, 0.1) is 4.90 Å². The molecule has 0 saturated heterocycles. The Morgan fingerprint density at radius 1 is 1.28 bits per heavy atom. The van der Waals surface area contributed by atoms with Crippen molar-refractivity contribution in [3.05, 3.63) is 52.0 Å². The van der Waals surface area contributed by atoms with Gasteiger partial charge in [0.1, 0.15) is 5.82 Å². The summed E-state index contributed by atoms with van der Waals surface area (Å²) in [5.74, 6) is -0.561. The maximum atomic E-state index is 13.0. The first-order valence-electron chi connectivity index (χ1n) is 9.62. The summed E-state index contributed by atoms with van der Waals surface area (Å²) < 4.78 is 39.0. The molecule has 0 fully saturated rings. The summed E-state index contributed by atoms with van der Waals surface area (Å²) in [5.41, 5.74) is 1.39. The van der Waals surface area contributed by atoms with Crippen molar-refractivity contribution >= 4 is 27.3 Å². The first-order valence-corrected chi connectivity index (χ1v) is 11.9. The highest BCUT2D eigenvalue weighted by Crippen LogP contribution is 2.23. The molecule has 0 radical (unpaired) electrons. The van der Waals surface area contributed by atoms with E-state index in [1.807, 2.05) is 11.3 Å². The molecule has 9 heteroatoms. The molecule has 158 valence electrons. The predicted molar refractivity (Wildman–Crippen MR) is 112 cm³/mol. The van der Waals surface area contributed by atoms with Crippen LogP contribution in [-0.4, -0.2) is 56.8 Å². The molecular weight excluding hydrogens is 413 g/mol. The molecule has 0 unspecified atom stereocenters. The molecule has 0 bridgehead atoms. The van der Waals surface area contributed by atoms with Gasteiger partial charge >= 0.3 is 0 Å². The largest absolute Gasteiger partial charge is 0.355 e. The second kappa shape index (κ2) is 9.80. The molecule has 1 aliphatic heterocycles. The average molecular weight is 440 g/mol. The molecule has 0 spiro atoms. The molecule has 2 aromatic rings. The third-order valence-electron chi connectivity index (χ3n) is 5.04. The van der Waals surface area contributed by atoms with Crippen LogP contribution < -0.4 is 5.32 Å². The third-order valence-corrected chi connectivity index (χ3v) is 7.93. The van der Waals surface area contributed by atoms with E-state index in [9.17, 15) is 17.6 Å². The van der Waals surface area contributed by atoms with Crippen LogP contribution in [0.15, 0.2) is 40.6 Å². The highest BCUT2D eigenvalue weighted by atomic mass is 32.2. The molecule has 1 aromatic heterocycles. The lowest BCUT2D eigenvalue weighted by molar-refractivity contribution is -0.121. The van der Waals surface area contributed by atoms with Crippen molar-refractivity contribution in [2.45, 2.75) is 30.7 Å². The Morgan fingerprint density at radius 3 is 2.79 bits per heavy atom. The number of fused-ring (bicyclic) bond motifs is 1. The standard InChI is InChI=1S/C20H26FN3O3S2/c1-23(29(26,27)18-6-4-17(21)5-7-18)11-2-3-20(25)22-10-13-24-12-8-19-16(15-24)9-14-28-19/h4-7,9,14H,2-3,8,10-13,15H2,1H3,(H,22,25). The summed E-state index contributed by atoms with van der Waals surface area (Å²) in [6, 6.07) is 6.90. The number of amides is 1. The molecule has 0 aliphatic carbocycles. The molecule has 6 nitrogen and oxygen atoms in total. The normalized spacial score (nSPS) is 14.7. The van der Waals surface area contributed by atoms with E-state index >= 15 is 0 Å². The van der Waals surface area contributed by atoms with Gasteiger partial charge in [-0.1, -0.05) is 0 Å². The minimum Gasteiger partial charge on any atom is -0.355 e. The van der Waals surface area contributed by atoms with E-state index in [1.54, 1.807) is 0 Å². The summed E-state index contributed by atoms with van der Waals surface area (Å²) in [5, 5.41) is 5.04. The second-order valence-electron chi connectivity index (χ2n) is 7.13. The summed E-state index contributed by atoms with van der Waals surface area (Å²) >= 11 is 1.81. The molecule has 1 N–H and O–H groups in total. The van der Waals surface area contributed by atoms with Gasteiger partial charge in [-0.05, 0) is 54.1 Å². The van der Waals surface area contributed by atoms with Crippen LogP contribution in [0, 0.1) is 5.82 Å². The van der Waals surface area contributed by atoms with Crippen molar-refractivity contribution in [2.75, 3.05) is 33.2 Å². The van der Waals surface area contributed by atoms with Gasteiger partial charge in [-0.3, -0.25) is 9.69 Å². The van der Waals surface area contributed by atoms with Crippen molar-refractivity contribution in [2.24, 2.45) is 0 Å². The van der Waals surface area contributed by atoms with Gasteiger partial charge in [0.15, 0.2) is 0 Å². The van der Waals surface area contributed by atoms with E-state index in [0.29, 0.717) is 13.0 Å². The molecule has 29 heavy (non-hydrogen) atoms. The fraction of sp³-hybridized carbons (Fsp3) is 0.450. The summed E-state index contributed by atoms with van der Waals surface area (Å²) in [6.45, 7) is 3.55. The number of halogens is 1. The lowest BCUT2D eigenvalue weighted by Gasteiger charge is -2.26. The summed E-state index contributed by atoms with van der Waals surface area (Å²) in [4.78, 5) is 15.9. The number of thiophene rings is 1. The van der Waals surface area contributed by atoms with Gasteiger partial charge in [-0.25, -0.2) is 17.1 Å². The van der Waals surface area contributed by atoms with Crippen molar-refractivity contribution in [3.63, 3.8) is 0 Å². The van der Waals surface area contributed by atoms with E-state index in [-0.39, 0.29) is 23.8 Å². The molecule has 3 rings (SSSR count). The van der Waals surface area contributed by atoms with E-state index in [1.165, 1.54) is 33.9 Å². The van der Waals surface area contributed by atoms with Gasteiger partial charge in [-0.2, -0.15) is 0 Å². The number of carbonyl (C=O) groups excluding carboxylic acids is 1. The van der Waals surface area contributed by atoms with E-state index in [4.69, 9.17) is 0 Å². The number of benzene rings is 1. The molecule has 1 aliphatic rings. The predicted octanol–water partition coefficient (Wildman–Crippen LogP) is 2.46. The maximum Gasteiger partial charge on any atom is 0.242 e. The van der Waals surface area contributed by atoms with Crippen LogP contribution in [0.3, 0.4) is 0 Å². The number of rotatable bonds is 9. The highest BCUT2D eigenvalue weighted by molar-refractivity contribution is 7.89. The quantitative estimate of drug-likeness (QED) is 0.652. The van der Waals surface area contributed by atoms with Crippen LogP contribution in [0.1, 0.15) is 23.3 Å². The second-order valence-corrected chi connectivity index (χ2v) is 10.2. The minimum atomic E-state index is -3.68. The Labute approximate surface area is 175 Å². The Morgan fingerprint density at radius 2 is 2.03 bits per heavy atom. The van der Waals surface area contributed by atoms with Crippen LogP contribution in [0.5, 0.6) is 0 Å². The Hall–Kier alpha value is -1.81. The number of sulfonamides is 1. The monoisotopic (exact) mass is 439 g/mol. The van der Waals surface area contributed by atoms with Crippen LogP contribution >= 0.6 is 11.3 Å². The number of carbonyl (C=O) groups is 1. The number of nitrogens with zero attached hydrogens (tertiary/aromatic N) is 2. The number of nitrogens with one attached hydrogen (secondary N) is 1. The lowest BCUT2D eigenvalue weighted by atomic mass is 10.1. The van der Waals surface area contributed by atoms with Crippen LogP contribution in [-0.2, 0) is 27.8 Å². The van der Waals surface area contributed by atoms with Gasteiger partial charge in [0, 0.05) is 51.1 Å². The molecule has 1 aromatic carbocycles. The van der Waals surface area contributed by atoms with Gasteiger partial charge in [0.25, 0.3) is 0 Å². The average Bonchev–Trinajstić information content (AvgIpc) is 3.16. The van der Waals surface area contributed by atoms with Crippen molar-refractivity contribution in [1.29, 1.82) is 0 Å². The Balaban J connectivity index is 1.35. The zero-order valence-corrected chi connectivity index (χ0v) is 18.1. The van der Waals surface area contributed by atoms with Gasteiger partial charge in [0.2, 0.25) is 15.9 Å². The highest BCUT2D eigenvalue weighted by Gasteiger charge is 2.21. The first kappa shape index (κ1) is 21.9. The third kappa shape index (κ3) is 5.85. The van der Waals surface area contributed by atoms with Gasteiger partial charge < -0.3 is 5.32 Å². The van der Waals surface area contributed by atoms with Crippen molar-refractivity contribution in [1.82, 2.24) is 14.5 Å². The molecule has 0 atom stereocenters. The summed E-state index contributed by atoms with van der Waals surface area (Å²) in [7, 11) is -2.21. The molecular formula is C20H26FN3O3S2. The molecule has 2 heterocycles. The fourth-order valence-corrected chi connectivity index (χ4v) is 5.41. The van der Waals surface area contributed by atoms with E-state index in [2.05, 4.69) is 21.7 Å². The lowest BCUT2D eigenvalue weighted by Crippen LogP contribution is -2.37. The first-order chi connectivity index (χ1) is 13.9.